The van der Waals surface area contributed by atoms with Gasteiger partial charge in [0.1, 0.15) is 0 Å². The second-order valence-electron chi connectivity index (χ2n) is 4.27. The molecule has 0 radical (unpaired) electrons. The Labute approximate surface area is 107 Å². The van der Waals surface area contributed by atoms with Gasteiger partial charge in [-0.05, 0) is 30.0 Å². The van der Waals surface area contributed by atoms with Gasteiger partial charge in [-0.3, -0.25) is 0 Å². The lowest BCUT2D eigenvalue weighted by Crippen LogP contribution is -2.16. The minimum absolute atomic E-state index is 0.244. The second-order valence-corrected chi connectivity index (χ2v) is 5.77. The highest BCUT2D eigenvalue weighted by atomic mass is 32.2. The summed E-state index contributed by atoms with van der Waals surface area (Å²) in [5.41, 5.74) is 2.49. The van der Waals surface area contributed by atoms with Gasteiger partial charge in [-0.1, -0.05) is 48.5 Å². The number of nitrogens with two attached hydrogens (primary N) is 1. The summed E-state index contributed by atoms with van der Waals surface area (Å²) in [6.07, 6.45) is 0.564. The van der Waals surface area contributed by atoms with Crippen molar-refractivity contribution in [3.8, 4) is 0 Å². The number of hydrogen-bond donors (Lipinski definition) is 1. The molecular weight excluding hydrogens is 246 g/mol. The highest BCUT2D eigenvalue weighted by Gasteiger charge is 2.16. The van der Waals surface area contributed by atoms with Crippen molar-refractivity contribution in [1.29, 1.82) is 0 Å². The normalized spacial score (nSPS) is 11.4. The first-order chi connectivity index (χ1) is 8.48. The Hall–Kier alpha value is -1.65. The first-order valence-electron chi connectivity index (χ1n) is 5.63. The van der Waals surface area contributed by atoms with Gasteiger partial charge in [0.25, 0.3) is 0 Å². The number of aryl methyl sites for hydroxylation is 1. The average Bonchev–Trinajstić information content (AvgIpc) is 2.28. The molecule has 94 valence electrons. The predicted octanol–water partition coefficient (Wildman–Crippen LogP) is 2.23. The van der Waals surface area contributed by atoms with Gasteiger partial charge < -0.3 is 0 Å². The van der Waals surface area contributed by atoms with Crippen LogP contribution in [-0.4, -0.2) is 8.42 Å². The van der Waals surface area contributed by atoms with E-state index in [0.29, 0.717) is 12.0 Å². The van der Waals surface area contributed by atoms with Crippen LogP contribution in [0.4, 0.5) is 0 Å². The maximum absolute atomic E-state index is 11.6. The molecule has 4 heteroatoms. The SMILES string of the molecule is Cc1cccc(Cc2ccccc2)c1S(N)(=O)=O. The second kappa shape index (κ2) is 4.92. The summed E-state index contributed by atoms with van der Waals surface area (Å²) < 4.78 is 23.3. The summed E-state index contributed by atoms with van der Waals surface area (Å²) in [6, 6.07) is 15.1. The van der Waals surface area contributed by atoms with Crippen LogP contribution < -0.4 is 5.14 Å². The van der Waals surface area contributed by atoms with Crippen molar-refractivity contribution in [3.05, 3.63) is 65.2 Å². The molecule has 0 aliphatic rings. The molecule has 2 N–H and O–H groups in total. The Kier molecular flexibility index (Phi) is 3.50. The van der Waals surface area contributed by atoms with E-state index < -0.39 is 10.0 Å². The minimum atomic E-state index is -3.68. The van der Waals surface area contributed by atoms with Gasteiger partial charge in [0.15, 0.2) is 0 Å². The van der Waals surface area contributed by atoms with Crippen molar-refractivity contribution < 1.29 is 8.42 Å². The predicted molar refractivity (Wildman–Crippen MR) is 71.8 cm³/mol. The summed E-state index contributed by atoms with van der Waals surface area (Å²) in [6.45, 7) is 1.76. The van der Waals surface area contributed by atoms with Crippen molar-refractivity contribution in [2.75, 3.05) is 0 Å². The van der Waals surface area contributed by atoms with Crippen LogP contribution in [-0.2, 0) is 16.4 Å². The molecule has 0 saturated carbocycles. The van der Waals surface area contributed by atoms with E-state index in [-0.39, 0.29) is 4.90 Å². The first kappa shape index (κ1) is 12.8. The van der Waals surface area contributed by atoms with Crippen molar-refractivity contribution >= 4 is 10.0 Å². The molecule has 0 heterocycles. The quantitative estimate of drug-likeness (QED) is 0.921. The Balaban J connectivity index is 2.50. The minimum Gasteiger partial charge on any atom is -0.225 e. The van der Waals surface area contributed by atoms with E-state index in [1.165, 1.54) is 0 Å². The summed E-state index contributed by atoms with van der Waals surface area (Å²) in [5.74, 6) is 0. The van der Waals surface area contributed by atoms with Crippen LogP contribution >= 0.6 is 0 Å². The van der Waals surface area contributed by atoms with E-state index in [4.69, 9.17) is 5.14 Å². The van der Waals surface area contributed by atoms with Gasteiger partial charge in [-0.15, -0.1) is 0 Å². The maximum Gasteiger partial charge on any atom is 0.238 e. The van der Waals surface area contributed by atoms with Crippen molar-refractivity contribution in [2.24, 2.45) is 5.14 Å². The van der Waals surface area contributed by atoms with Gasteiger partial charge in [-0.25, -0.2) is 13.6 Å². The van der Waals surface area contributed by atoms with Crippen LogP contribution in [0.3, 0.4) is 0 Å². The Morgan fingerprint density at radius 3 is 2.28 bits per heavy atom. The molecule has 0 atom stereocenters. The number of rotatable bonds is 3. The molecule has 2 rings (SSSR count). The van der Waals surface area contributed by atoms with Gasteiger partial charge in [-0.2, -0.15) is 0 Å². The largest absolute Gasteiger partial charge is 0.238 e. The molecule has 18 heavy (non-hydrogen) atoms. The zero-order valence-electron chi connectivity index (χ0n) is 10.1. The average molecular weight is 261 g/mol. The van der Waals surface area contributed by atoms with Gasteiger partial charge in [0.05, 0.1) is 4.90 Å². The molecule has 0 unspecified atom stereocenters. The lowest BCUT2D eigenvalue weighted by Gasteiger charge is -2.10. The molecule has 0 fully saturated rings. The third-order valence-corrected chi connectivity index (χ3v) is 3.97. The summed E-state index contributed by atoms with van der Waals surface area (Å²) in [5, 5.41) is 5.28. The van der Waals surface area contributed by atoms with Crippen LogP contribution in [0.1, 0.15) is 16.7 Å². The molecule has 0 aliphatic heterocycles. The van der Waals surface area contributed by atoms with Crippen LogP contribution in [0.15, 0.2) is 53.4 Å². The van der Waals surface area contributed by atoms with Crippen LogP contribution in [0.2, 0.25) is 0 Å². The lowest BCUT2D eigenvalue weighted by molar-refractivity contribution is 0.596. The first-order valence-corrected chi connectivity index (χ1v) is 7.18. The molecular formula is C14H15NO2S. The van der Waals surface area contributed by atoms with E-state index in [1.807, 2.05) is 36.4 Å². The number of sulfonamides is 1. The van der Waals surface area contributed by atoms with E-state index >= 15 is 0 Å². The monoisotopic (exact) mass is 261 g/mol. The van der Waals surface area contributed by atoms with Crippen LogP contribution in [0.5, 0.6) is 0 Å². The summed E-state index contributed by atoms with van der Waals surface area (Å²) in [7, 11) is -3.68. The highest BCUT2D eigenvalue weighted by Crippen LogP contribution is 2.21. The fourth-order valence-corrected chi connectivity index (χ4v) is 3.10. The third-order valence-electron chi connectivity index (χ3n) is 2.82. The standard InChI is InChI=1S/C14H15NO2S/c1-11-6-5-9-13(14(11)18(15,16)17)10-12-7-3-2-4-8-12/h2-9H,10H2,1H3,(H2,15,16,17). The smallest absolute Gasteiger partial charge is 0.225 e. The Bertz CT molecular complexity index is 649. The van der Waals surface area contributed by atoms with Crippen molar-refractivity contribution in [1.82, 2.24) is 0 Å². The summed E-state index contributed by atoms with van der Waals surface area (Å²) >= 11 is 0. The molecule has 2 aromatic carbocycles. The fraction of sp³-hybridized carbons (Fsp3) is 0.143. The lowest BCUT2D eigenvalue weighted by atomic mass is 10.0. The van der Waals surface area contributed by atoms with Gasteiger partial charge >= 0.3 is 0 Å². The van der Waals surface area contributed by atoms with Gasteiger partial charge in [0.2, 0.25) is 10.0 Å². The molecule has 3 nitrogen and oxygen atoms in total. The zero-order chi connectivity index (χ0) is 13.2. The molecule has 0 saturated heterocycles. The van der Waals surface area contributed by atoms with Crippen LogP contribution in [0.25, 0.3) is 0 Å². The zero-order valence-corrected chi connectivity index (χ0v) is 10.9. The molecule has 0 amide bonds. The number of benzene rings is 2. The van der Waals surface area contributed by atoms with E-state index in [0.717, 1.165) is 11.1 Å². The molecule has 0 aliphatic carbocycles. The van der Waals surface area contributed by atoms with E-state index in [1.54, 1.807) is 19.1 Å². The van der Waals surface area contributed by atoms with Gasteiger partial charge in [0, 0.05) is 0 Å². The Morgan fingerprint density at radius 2 is 1.67 bits per heavy atom. The molecule has 0 aromatic heterocycles. The van der Waals surface area contributed by atoms with Crippen LogP contribution in [0, 0.1) is 6.92 Å². The Morgan fingerprint density at radius 1 is 1.00 bits per heavy atom. The van der Waals surface area contributed by atoms with E-state index in [9.17, 15) is 8.42 Å². The van der Waals surface area contributed by atoms with Crippen molar-refractivity contribution in [2.45, 2.75) is 18.2 Å². The van der Waals surface area contributed by atoms with E-state index in [2.05, 4.69) is 0 Å². The fourth-order valence-electron chi connectivity index (χ4n) is 2.08. The number of primary sulfonamides is 1. The summed E-state index contributed by atoms with van der Waals surface area (Å²) in [4.78, 5) is 0.244. The third kappa shape index (κ3) is 2.78. The number of hydrogen-bond acceptors (Lipinski definition) is 2. The molecule has 2 aromatic rings. The topological polar surface area (TPSA) is 60.2 Å². The molecule has 0 bridgehead atoms. The maximum atomic E-state index is 11.6. The molecule has 0 spiro atoms. The van der Waals surface area contributed by atoms with Crippen molar-refractivity contribution in [3.63, 3.8) is 0 Å². The highest BCUT2D eigenvalue weighted by molar-refractivity contribution is 7.89.